The Hall–Kier alpha value is -1.85. The van der Waals surface area contributed by atoms with Crippen LogP contribution in [0.4, 0.5) is 0 Å². The van der Waals surface area contributed by atoms with E-state index in [1.807, 2.05) is 30.5 Å². The molecule has 0 bridgehead atoms. The van der Waals surface area contributed by atoms with Crippen molar-refractivity contribution in [2.75, 3.05) is 26.3 Å². The molecule has 0 saturated carbocycles. The van der Waals surface area contributed by atoms with Crippen molar-refractivity contribution in [1.82, 2.24) is 9.88 Å². The number of piperidine rings is 1. The molecule has 0 aliphatic carbocycles. The molecule has 0 spiro atoms. The van der Waals surface area contributed by atoms with Crippen molar-refractivity contribution in [3.05, 3.63) is 48.6 Å². The normalized spacial score (nSPS) is 27.6. The maximum atomic E-state index is 6.11. The molecule has 24 heavy (non-hydrogen) atoms. The fraction of sp³-hybridized carbons (Fsp3) is 0.526. The van der Waals surface area contributed by atoms with E-state index in [4.69, 9.17) is 13.9 Å². The summed E-state index contributed by atoms with van der Waals surface area (Å²) in [5.41, 5.74) is 1.28. The molecule has 0 radical (unpaired) electrons. The van der Waals surface area contributed by atoms with Crippen molar-refractivity contribution in [1.29, 1.82) is 0 Å². The van der Waals surface area contributed by atoms with Crippen LogP contribution in [0.2, 0.25) is 0 Å². The molecule has 5 heteroatoms. The summed E-state index contributed by atoms with van der Waals surface area (Å²) >= 11 is 0. The van der Waals surface area contributed by atoms with Gasteiger partial charge in [0.05, 0.1) is 25.2 Å². The highest BCUT2D eigenvalue weighted by Crippen LogP contribution is 2.40. The lowest BCUT2D eigenvalue weighted by Gasteiger charge is -2.50. The molecule has 0 amide bonds. The predicted octanol–water partition coefficient (Wildman–Crippen LogP) is 3.12. The van der Waals surface area contributed by atoms with E-state index in [1.54, 1.807) is 12.5 Å². The van der Waals surface area contributed by atoms with Crippen LogP contribution in [0.1, 0.15) is 24.8 Å². The molecule has 2 aliphatic rings. The Labute approximate surface area is 142 Å². The van der Waals surface area contributed by atoms with Gasteiger partial charge in [-0.05, 0) is 31.4 Å². The van der Waals surface area contributed by atoms with E-state index in [2.05, 4.69) is 9.88 Å². The quantitative estimate of drug-likeness (QED) is 0.844. The molecule has 2 aliphatic heterocycles. The molecule has 128 valence electrons. The minimum Gasteiger partial charge on any atom is -0.477 e. The van der Waals surface area contributed by atoms with Gasteiger partial charge in [-0.3, -0.25) is 4.90 Å². The zero-order valence-corrected chi connectivity index (χ0v) is 13.9. The third-order valence-corrected chi connectivity index (χ3v) is 5.20. The van der Waals surface area contributed by atoms with Crippen molar-refractivity contribution < 1.29 is 13.9 Å². The lowest BCUT2D eigenvalue weighted by Crippen LogP contribution is -2.57. The second-order valence-corrected chi connectivity index (χ2v) is 6.91. The molecular weight excluding hydrogens is 304 g/mol. The number of pyridine rings is 1. The number of hydrogen-bond donors (Lipinski definition) is 0. The monoisotopic (exact) mass is 328 g/mol. The average molecular weight is 328 g/mol. The van der Waals surface area contributed by atoms with Crippen LogP contribution in [0.3, 0.4) is 0 Å². The van der Waals surface area contributed by atoms with E-state index in [0.717, 1.165) is 45.5 Å². The Morgan fingerprint density at radius 3 is 3.17 bits per heavy atom. The minimum absolute atomic E-state index is 0.0533. The van der Waals surface area contributed by atoms with Gasteiger partial charge in [0.1, 0.15) is 0 Å². The van der Waals surface area contributed by atoms with E-state index < -0.39 is 0 Å². The standard InChI is InChI=1S/C19H24N2O3/c1-2-8-20-18(4-1)24-15-19-7-3-10-23-17(19)5-9-21(14-19)12-16-6-11-22-13-16/h1-2,4,6,8,11,13,17H,3,5,7,9-10,12,14-15H2/t17-,19-/m0/s1. The van der Waals surface area contributed by atoms with Gasteiger partial charge < -0.3 is 13.9 Å². The molecule has 2 atom stereocenters. The van der Waals surface area contributed by atoms with Gasteiger partial charge in [0.15, 0.2) is 0 Å². The van der Waals surface area contributed by atoms with Gasteiger partial charge in [0.25, 0.3) is 0 Å². The molecule has 5 nitrogen and oxygen atoms in total. The third-order valence-electron chi connectivity index (χ3n) is 5.20. The highest BCUT2D eigenvalue weighted by Gasteiger charge is 2.46. The van der Waals surface area contributed by atoms with Gasteiger partial charge in [-0.1, -0.05) is 6.07 Å². The SMILES string of the molecule is c1ccc(OC[C@@]23CCCO[C@H]2CCN(Cc2ccoc2)C3)nc1. The first-order chi connectivity index (χ1) is 11.8. The smallest absolute Gasteiger partial charge is 0.213 e. The van der Waals surface area contributed by atoms with Crippen LogP contribution >= 0.6 is 0 Å². The molecule has 4 rings (SSSR count). The maximum absolute atomic E-state index is 6.11. The second kappa shape index (κ2) is 6.95. The average Bonchev–Trinajstić information content (AvgIpc) is 3.14. The fourth-order valence-electron chi connectivity index (χ4n) is 4.02. The van der Waals surface area contributed by atoms with E-state index in [1.165, 1.54) is 5.56 Å². The summed E-state index contributed by atoms with van der Waals surface area (Å²) in [6.45, 7) is 4.51. The lowest BCUT2D eigenvalue weighted by molar-refractivity contribution is -0.141. The number of nitrogens with zero attached hydrogens (tertiary/aromatic N) is 2. The highest BCUT2D eigenvalue weighted by atomic mass is 16.5. The summed E-state index contributed by atoms with van der Waals surface area (Å²) in [5.74, 6) is 0.697. The van der Waals surface area contributed by atoms with Crippen molar-refractivity contribution in [2.45, 2.75) is 31.9 Å². The molecule has 0 N–H and O–H groups in total. The zero-order valence-electron chi connectivity index (χ0n) is 13.9. The van der Waals surface area contributed by atoms with Crippen LogP contribution in [0.5, 0.6) is 5.88 Å². The zero-order chi connectivity index (χ0) is 16.2. The number of hydrogen-bond acceptors (Lipinski definition) is 5. The van der Waals surface area contributed by atoms with Gasteiger partial charge in [-0.2, -0.15) is 0 Å². The summed E-state index contributed by atoms with van der Waals surface area (Å²) in [6.07, 6.45) is 8.94. The molecular formula is C19H24N2O3. The number of fused-ring (bicyclic) bond motifs is 1. The molecule has 2 aromatic heterocycles. The van der Waals surface area contributed by atoms with Crippen molar-refractivity contribution in [3.8, 4) is 5.88 Å². The van der Waals surface area contributed by atoms with E-state index in [-0.39, 0.29) is 11.5 Å². The number of furan rings is 1. The Bertz CT molecular complexity index is 631. The van der Waals surface area contributed by atoms with E-state index in [9.17, 15) is 0 Å². The number of likely N-dealkylation sites (tertiary alicyclic amines) is 1. The van der Waals surface area contributed by atoms with Crippen LogP contribution in [0, 0.1) is 5.41 Å². The summed E-state index contributed by atoms with van der Waals surface area (Å²) in [6, 6.07) is 7.83. The van der Waals surface area contributed by atoms with Crippen molar-refractivity contribution in [2.24, 2.45) is 5.41 Å². The van der Waals surface area contributed by atoms with Gasteiger partial charge in [-0.15, -0.1) is 0 Å². The lowest BCUT2D eigenvalue weighted by atomic mass is 9.73. The summed E-state index contributed by atoms with van der Waals surface area (Å²) < 4.78 is 17.4. The van der Waals surface area contributed by atoms with E-state index in [0.29, 0.717) is 12.5 Å². The number of rotatable bonds is 5. The first-order valence-corrected chi connectivity index (χ1v) is 8.73. The van der Waals surface area contributed by atoms with Gasteiger partial charge >= 0.3 is 0 Å². The molecule has 4 heterocycles. The first-order valence-electron chi connectivity index (χ1n) is 8.73. The second-order valence-electron chi connectivity index (χ2n) is 6.91. The maximum Gasteiger partial charge on any atom is 0.213 e. The minimum atomic E-state index is 0.0533. The van der Waals surface area contributed by atoms with Crippen LogP contribution in [-0.2, 0) is 11.3 Å². The molecule has 0 aromatic carbocycles. The molecule has 0 unspecified atom stereocenters. The molecule has 2 fully saturated rings. The van der Waals surface area contributed by atoms with Crippen LogP contribution in [-0.4, -0.2) is 42.3 Å². The van der Waals surface area contributed by atoms with Gasteiger partial charge in [-0.25, -0.2) is 4.98 Å². The summed E-state index contributed by atoms with van der Waals surface area (Å²) in [4.78, 5) is 6.79. The summed E-state index contributed by atoms with van der Waals surface area (Å²) in [5, 5.41) is 0. The summed E-state index contributed by atoms with van der Waals surface area (Å²) in [7, 11) is 0. The van der Waals surface area contributed by atoms with E-state index >= 15 is 0 Å². The predicted molar refractivity (Wildman–Crippen MR) is 89.7 cm³/mol. The Balaban J connectivity index is 1.47. The van der Waals surface area contributed by atoms with Crippen LogP contribution in [0.15, 0.2) is 47.4 Å². The fourth-order valence-corrected chi connectivity index (χ4v) is 4.02. The molecule has 2 saturated heterocycles. The Morgan fingerprint density at radius 2 is 2.33 bits per heavy atom. The van der Waals surface area contributed by atoms with Crippen LogP contribution in [0.25, 0.3) is 0 Å². The molecule has 2 aromatic rings. The van der Waals surface area contributed by atoms with Crippen LogP contribution < -0.4 is 4.74 Å². The first kappa shape index (κ1) is 15.7. The Kier molecular flexibility index (Phi) is 4.54. The largest absolute Gasteiger partial charge is 0.477 e. The van der Waals surface area contributed by atoms with Gasteiger partial charge in [0, 0.05) is 49.5 Å². The number of aromatic nitrogens is 1. The topological polar surface area (TPSA) is 47.7 Å². The van der Waals surface area contributed by atoms with Crippen molar-refractivity contribution >= 4 is 0 Å². The highest BCUT2D eigenvalue weighted by molar-refractivity contribution is 5.11. The third kappa shape index (κ3) is 3.32. The van der Waals surface area contributed by atoms with Crippen molar-refractivity contribution in [3.63, 3.8) is 0 Å². The number of ether oxygens (including phenoxy) is 2. The Morgan fingerprint density at radius 1 is 1.33 bits per heavy atom. The van der Waals surface area contributed by atoms with Gasteiger partial charge in [0.2, 0.25) is 5.88 Å².